The Morgan fingerprint density at radius 3 is 2.64 bits per heavy atom. The number of allylic oxidation sites excluding steroid dienone is 2. The van der Waals surface area contributed by atoms with E-state index in [0.29, 0.717) is 41.6 Å². The molecular formula is C23H29ClN2O2. The molecule has 0 radical (unpaired) electrons. The Morgan fingerprint density at radius 2 is 1.96 bits per heavy atom. The van der Waals surface area contributed by atoms with Gasteiger partial charge in [0.25, 0.3) is 0 Å². The SMILES string of the molecule is O=C(CCC1CCN(C(=O)[C@@H]2C[C@H]3C=C[C@@H]2C3)CC1)NCc1cccc(Cl)c1. The van der Waals surface area contributed by atoms with Gasteiger partial charge in [-0.15, -0.1) is 0 Å². The molecule has 1 aliphatic heterocycles. The van der Waals surface area contributed by atoms with Crippen LogP contribution >= 0.6 is 11.6 Å². The average Bonchev–Trinajstić information content (AvgIpc) is 3.34. The smallest absolute Gasteiger partial charge is 0.226 e. The molecule has 1 N–H and O–H groups in total. The van der Waals surface area contributed by atoms with Crippen molar-refractivity contribution in [3.05, 3.63) is 47.0 Å². The number of hydrogen-bond acceptors (Lipinski definition) is 2. The van der Waals surface area contributed by atoms with Gasteiger partial charge in [0.1, 0.15) is 0 Å². The van der Waals surface area contributed by atoms with Gasteiger partial charge in [-0.1, -0.05) is 35.9 Å². The lowest BCUT2D eigenvalue weighted by Crippen LogP contribution is -2.42. The number of nitrogens with one attached hydrogen (secondary N) is 1. The molecule has 0 aromatic heterocycles. The number of carbonyl (C=O) groups is 2. The first-order valence-corrected chi connectivity index (χ1v) is 10.9. The molecule has 2 fully saturated rings. The number of benzene rings is 1. The monoisotopic (exact) mass is 400 g/mol. The van der Waals surface area contributed by atoms with Crippen LogP contribution in [0.4, 0.5) is 0 Å². The van der Waals surface area contributed by atoms with Gasteiger partial charge in [0.2, 0.25) is 11.8 Å². The Morgan fingerprint density at radius 1 is 1.14 bits per heavy atom. The third-order valence-corrected chi connectivity index (χ3v) is 6.92. The van der Waals surface area contributed by atoms with E-state index in [2.05, 4.69) is 22.4 Å². The molecule has 1 heterocycles. The average molecular weight is 401 g/mol. The zero-order chi connectivity index (χ0) is 19.5. The second-order valence-corrected chi connectivity index (χ2v) is 9.04. The standard InChI is InChI=1S/C23H29ClN2O2/c24-20-3-1-2-18(13-20)15-25-22(27)7-5-16-8-10-26(11-9-16)23(28)21-14-17-4-6-19(21)12-17/h1-4,6,13,16-17,19,21H,5,7-12,14-15H2,(H,25,27)/t17-,19+,21+/m0/s1. The van der Waals surface area contributed by atoms with Crippen LogP contribution in [0.2, 0.25) is 5.02 Å². The van der Waals surface area contributed by atoms with Gasteiger partial charge in [0.15, 0.2) is 0 Å². The Balaban J connectivity index is 1.15. The van der Waals surface area contributed by atoms with Gasteiger partial charge in [-0.25, -0.2) is 0 Å². The Bertz CT molecular complexity index is 755. The second kappa shape index (κ2) is 8.69. The summed E-state index contributed by atoms with van der Waals surface area (Å²) in [6.45, 7) is 2.22. The highest BCUT2D eigenvalue weighted by Gasteiger charge is 2.41. The number of piperidine rings is 1. The summed E-state index contributed by atoms with van der Waals surface area (Å²) in [6, 6.07) is 7.56. The third-order valence-electron chi connectivity index (χ3n) is 6.68. The fraction of sp³-hybridized carbons (Fsp3) is 0.565. The number of hydrogen-bond donors (Lipinski definition) is 1. The van der Waals surface area contributed by atoms with E-state index in [1.807, 2.05) is 24.3 Å². The minimum absolute atomic E-state index is 0.0900. The largest absolute Gasteiger partial charge is 0.352 e. The van der Waals surface area contributed by atoms with Gasteiger partial charge >= 0.3 is 0 Å². The van der Waals surface area contributed by atoms with E-state index in [1.54, 1.807) is 0 Å². The molecule has 2 aliphatic carbocycles. The van der Waals surface area contributed by atoms with E-state index >= 15 is 0 Å². The summed E-state index contributed by atoms with van der Waals surface area (Å²) in [7, 11) is 0. The molecular weight excluding hydrogens is 372 g/mol. The summed E-state index contributed by atoms with van der Waals surface area (Å²) in [6.07, 6.45) is 10.3. The van der Waals surface area contributed by atoms with Gasteiger partial charge in [-0.05, 0) is 67.6 Å². The number of amides is 2. The van der Waals surface area contributed by atoms with Crippen LogP contribution in [0.1, 0.15) is 44.1 Å². The van der Waals surface area contributed by atoms with Crippen molar-refractivity contribution in [2.45, 2.75) is 45.1 Å². The molecule has 1 aromatic carbocycles. The van der Waals surface area contributed by atoms with Gasteiger partial charge in [-0.2, -0.15) is 0 Å². The fourth-order valence-electron chi connectivity index (χ4n) is 5.01. The summed E-state index contributed by atoms with van der Waals surface area (Å²) >= 11 is 5.97. The van der Waals surface area contributed by atoms with E-state index in [-0.39, 0.29) is 11.8 Å². The molecule has 1 aromatic rings. The van der Waals surface area contributed by atoms with E-state index in [0.717, 1.165) is 44.3 Å². The number of fused-ring (bicyclic) bond motifs is 2. The van der Waals surface area contributed by atoms with Crippen molar-refractivity contribution in [1.82, 2.24) is 10.2 Å². The van der Waals surface area contributed by atoms with E-state index in [4.69, 9.17) is 11.6 Å². The van der Waals surface area contributed by atoms with Crippen molar-refractivity contribution in [3.63, 3.8) is 0 Å². The Labute approximate surface area is 172 Å². The quantitative estimate of drug-likeness (QED) is 0.728. The molecule has 150 valence electrons. The van der Waals surface area contributed by atoms with Crippen LogP contribution in [0.15, 0.2) is 36.4 Å². The zero-order valence-electron chi connectivity index (χ0n) is 16.3. The lowest BCUT2D eigenvalue weighted by atomic mass is 9.88. The molecule has 0 unspecified atom stereocenters. The Kier molecular flexibility index (Phi) is 6.05. The van der Waals surface area contributed by atoms with Crippen molar-refractivity contribution < 1.29 is 9.59 Å². The molecule has 3 atom stereocenters. The molecule has 4 rings (SSSR count). The van der Waals surface area contributed by atoms with Gasteiger partial charge in [0.05, 0.1) is 0 Å². The van der Waals surface area contributed by atoms with Crippen LogP contribution in [0, 0.1) is 23.7 Å². The molecule has 2 amide bonds. The van der Waals surface area contributed by atoms with Gasteiger partial charge in [0, 0.05) is 37.0 Å². The number of nitrogens with zero attached hydrogens (tertiary/aromatic N) is 1. The summed E-state index contributed by atoms with van der Waals surface area (Å²) < 4.78 is 0. The van der Waals surface area contributed by atoms with Crippen LogP contribution in [-0.4, -0.2) is 29.8 Å². The maximum absolute atomic E-state index is 12.8. The topological polar surface area (TPSA) is 49.4 Å². The normalized spacial score (nSPS) is 26.6. The first kappa shape index (κ1) is 19.5. The summed E-state index contributed by atoms with van der Waals surface area (Å²) in [5.74, 6) is 2.35. The van der Waals surface area contributed by atoms with Gasteiger partial charge < -0.3 is 10.2 Å². The zero-order valence-corrected chi connectivity index (χ0v) is 17.0. The minimum Gasteiger partial charge on any atom is -0.352 e. The number of halogens is 1. The lowest BCUT2D eigenvalue weighted by molar-refractivity contribution is -0.138. The van der Waals surface area contributed by atoms with E-state index in [1.165, 1.54) is 6.42 Å². The molecule has 3 aliphatic rings. The summed E-state index contributed by atoms with van der Waals surface area (Å²) in [5, 5.41) is 3.67. The number of likely N-dealkylation sites (tertiary alicyclic amines) is 1. The first-order chi connectivity index (χ1) is 13.6. The predicted molar refractivity (Wildman–Crippen MR) is 111 cm³/mol. The van der Waals surface area contributed by atoms with Crippen molar-refractivity contribution in [2.75, 3.05) is 13.1 Å². The number of carbonyl (C=O) groups excluding carboxylic acids is 2. The maximum atomic E-state index is 12.8. The Hall–Kier alpha value is -1.81. The van der Waals surface area contributed by atoms with Crippen molar-refractivity contribution >= 4 is 23.4 Å². The molecule has 0 spiro atoms. The molecule has 4 nitrogen and oxygen atoms in total. The third kappa shape index (κ3) is 4.60. The highest BCUT2D eigenvalue weighted by Crippen LogP contribution is 2.44. The number of rotatable bonds is 6. The van der Waals surface area contributed by atoms with Crippen molar-refractivity contribution in [1.29, 1.82) is 0 Å². The second-order valence-electron chi connectivity index (χ2n) is 8.60. The van der Waals surface area contributed by atoms with Crippen LogP contribution in [0.25, 0.3) is 0 Å². The van der Waals surface area contributed by atoms with Crippen molar-refractivity contribution in [3.8, 4) is 0 Å². The van der Waals surface area contributed by atoms with E-state index < -0.39 is 0 Å². The highest BCUT2D eigenvalue weighted by atomic mass is 35.5. The highest BCUT2D eigenvalue weighted by molar-refractivity contribution is 6.30. The van der Waals surface area contributed by atoms with Crippen LogP contribution < -0.4 is 5.32 Å². The van der Waals surface area contributed by atoms with Crippen LogP contribution in [0.3, 0.4) is 0 Å². The molecule has 28 heavy (non-hydrogen) atoms. The molecule has 2 bridgehead atoms. The van der Waals surface area contributed by atoms with Crippen molar-refractivity contribution in [2.24, 2.45) is 23.7 Å². The maximum Gasteiger partial charge on any atom is 0.226 e. The fourth-order valence-corrected chi connectivity index (χ4v) is 5.23. The minimum atomic E-state index is 0.0900. The molecule has 1 saturated carbocycles. The van der Waals surface area contributed by atoms with Crippen LogP contribution in [0.5, 0.6) is 0 Å². The first-order valence-electron chi connectivity index (χ1n) is 10.6. The summed E-state index contributed by atoms with van der Waals surface area (Å²) in [4.78, 5) is 27.1. The van der Waals surface area contributed by atoms with Crippen LogP contribution in [-0.2, 0) is 16.1 Å². The predicted octanol–water partition coefficient (Wildman–Crippen LogP) is 4.19. The van der Waals surface area contributed by atoms with E-state index in [9.17, 15) is 9.59 Å². The lowest BCUT2D eigenvalue weighted by Gasteiger charge is -2.34. The summed E-state index contributed by atoms with van der Waals surface area (Å²) in [5.41, 5.74) is 1.02. The van der Waals surface area contributed by atoms with Gasteiger partial charge in [-0.3, -0.25) is 9.59 Å². The molecule has 5 heteroatoms. The molecule has 1 saturated heterocycles.